The number of amides is 2. The molecule has 13 heteroatoms. The van der Waals surface area contributed by atoms with Gasteiger partial charge in [-0.25, -0.2) is 17.2 Å². The second kappa shape index (κ2) is 16.4. The lowest BCUT2D eigenvalue weighted by atomic mass is 10.00. The van der Waals surface area contributed by atoms with Crippen LogP contribution in [0.3, 0.4) is 0 Å². The number of halogens is 2. The number of aromatic nitrogens is 2. The molecule has 0 spiro atoms. The Kier molecular flexibility index (Phi) is 13.0. The first kappa shape index (κ1) is 34.8. The Morgan fingerprint density at radius 3 is 2.34 bits per heavy atom. The molecule has 3 aromatic rings. The molecule has 0 fully saturated rings. The van der Waals surface area contributed by atoms with E-state index in [1.165, 1.54) is 6.07 Å². The van der Waals surface area contributed by atoms with Crippen LogP contribution >= 0.6 is 0 Å². The van der Waals surface area contributed by atoms with Crippen molar-refractivity contribution < 1.29 is 31.9 Å². The molecule has 0 bridgehead atoms. The van der Waals surface area contributed by atoms with Crippen LogP contribution in [0, 0.1) is 18.6 Å². The Labute approximate surface area is 257 Å². The van der Waals surface area contributed by atoms with Gasteiger partial charge in [-0.3, -0.25) is 14.7 Å². The van der Waals surface area contributed by atoms with Gasteiger partial charge in [-0.05, 0) is 61.1 Å². The van der Waals surface area contributed by atoms with E-state index in [2.05, 4.69) is 26.1 Å². The summed E-state index contributed by atoms with van der Waals surface area (Å²) >= 11 is 0. The Morgan fingerprint density at radius 1 is 1.00 bits per heavy atom. The Bertz CT molecular complexity index is 1490. The zero-order valence-corrected chi connectivity index (χ0v) is 26.0. The number of carbonyl (C=O) groups excluding carboxylic acids is 2. The van der Waals surface area contributed by atoms with E-state index in [4.69, 9.17) is 0 Å². The van der Waals surface area contributed by atoms with Crippen molar-refractivity contribution in [3.63, 3.8) is 0 Å². The number of aliphatic hydroxyl groups is 1. The minimum atomic E-state index is -3.77. The average molecular weight is 634 g/mol. The minimum Gasteiger partial charge on any atom is -0.390 e. The van der Waals surface area contributed by atoms with Crippen LogP contribution in [0.25, 0.3) is 0 Å². The standard InChI is InChI=1S/C31H41F2N5O5S/c1-4-6-10-44(42,43)19-28(36-30(40)27-11-20(3)37-38-27)31(41)35-26(15-23-13-24(32)16-25(33)14-23)29(39)18-34-17-22-9-7-8-21(5-2)12-22/h7-9,11-14,16,26,28-29,34,39H,4-6,10,15,17-19H2,1-3H3,(H,35,41)(H,36,40)(H,37,38)/t26-,28+,29+/m0/s1. The van der Waals surface area contributed by atoms with Crippen LogP contribution in [0.2, 0.25) is 0 Å². The molecule has 0 saturated carbocycles. The van der Waals surface area contributed by atoms with Gasteiger partial charge in [0.05, 0.1) is 23.7 Å². The highest BCUT2D eigenvalue weighted by Crippen LogP contribution is 2.13. The fourth-order valence-corrected chi connectivity index (χ4v) is 6.30. The number of rotatable bonds is 17. The molecule has 44 heavy (non-hydrogen) atoms. The van der Waals surface area contributed by atoms with E-state index in [9.17, 15) is 31.9 Å². The molecule has 5 N–H and O–H groups in total. The smallest absolute Gasteiger partial charge is 0.272 e. The van der Waals surface area contributed by atoms with Gasteiger partial charge in [0.25, 0.3) is 5.91 Å². The van der Waals surface area contributed by atoms with Crippen LogP contribution in [0.1, 0.15) is 59.6 Å². The molecular weight excluding hydrogens is 592 g/mol. The molecule has 0 unspecified atom stereocenters. The lowest BCUT2D eigenvalue weighted by Crippen LogP contribution is -2.56. The summed E-state index contributed by atoms with van der Waals surface area (Å²) in [6, 6.07) is 9.62. The molecule has 3 atom stereocenters. The third-order valence-electron chi connectivity index (χ3n) is 7.04. The van der Waals surface area contributed by atoms with Crippen LogP contribution in [-0.2, 0) is 34.0 Å². The van der Waals surface area contributed by atoms with E-state index in [0.29, 0.717) is 31.1 Å². The van der Waals surface area contributed by atoms with Crippen molar-refractivity contribution in [1.82, 2.24) is 26.1 Å². The van der Waals surface area contributed by atoms with E-state index in [1.807, 2.05) is 38.1 Å². The molecule has 1 aromatic heterocycles. The van der Waals surface area contributed by atoms with Gasteiger partial charge in [-0.15, -0.1) is 0 Å². The fraction of sp³-hybridized carbons (Fsp3) is 0.452. The third kappa shape index (κ3) is 11.1. The van der Waals surface area contributed by atoms with Gasteiger partial charge in [0.15, 0.2) is 9.84 Å². The van der Waals surface area contributed by atoms with E-state index in [0.717, 1.165) is 29.7 Å². The number of sulfone groups is 1. The SMILES string of the molecule is CCCCS(=O)(=O)C[C@@H](NC(=O)c1cc(C)[nH]n1)C(=O)N[C@@H](Cc1cc(F)cc(F)c1)[C@H](O)CNCc1cccc(CC)c1. The van der Waals surface area contributed by atoms with Crippen molar-refractivity contribution in [3.8, 4) is 0 Å². The monoisotopic (exact) mass is 633 g/mol. The summed E-state index contributed by atoms with van der Waals surface area (Å²) in [5.74, 6) is -4.15. The summed E-state index contributed by atoms with van der Waals surface area (Å²) in [5, 5.41) is 25.8. The number of H-pyrrole nitrogens is 1. The van der Waals surface area contributed by atoms with Gasteiger partial charge in [-0.2, -0.15) is 5.10 Å². The number of aliphatic hydroxyl groups excluding tert-OH is 1. The normalized spacial score (nSPS) is 13.7. The summed E-state index contributed by atoms with van der Waals surface area (Å²) in [6.45, 7) is 5.96. The number of hydrogen-bond donors (Lipinski definition) is 5. The molecule has 240 valence electrons. The van der Waals surface area contributed by atoms with E-state index >= 15 is 0 Å². The molecule has 10 nitrogen and oxygen atoms in total. The van der Waals surface area contributed by atoms with E-state index < -0.39 is 57.2 Å². The van der Waals surface area contributed by atoms with Gasteiger partial charge in [0.1, 0.15) is 23.4 Å². The topological polar surface area (TPSA) is 153 Å². The molecule has 0 aliphatic carbocycles. The van der Waals surface area contributed by atoms with Crippen LogP contribution in [0.15, 0.2) is 48.5 Å². The van der Waals surface area contributed by atoms with Crippen LogP contribution in [0.5, 0.6) is 0 Å². The number of nitrogens with zero attached hydrogens (tertiary/aromatic N) is 1. The van der Waals surface area contributed by atoms with Gasteiger partial charge in [0, 0.05) is 24.8 Å². The second-order valence-electron chi connectivity index (χ2n) is 10.9. The quantitative estimate of drug-likeness (QED) is 0.153. The average Bonchev–Trinajstić information content (AvgIpc) is 3.41. The predicted molar refractivity (Wildman–Crippen MR) is 164 cm³/mol. The number of unbranched alkanes of at least 4 members (excludes halogenated alkanes) is 1. The molecule has 0 aliphatic rings. The van der Waals surface area contributed by atoms with Crippen molar-refractivity contribution >= 4 is 21.7 Å². The molecule has 2 amide bonds. The molecule has 0 saturated heterocycles. The molecule has 0 radical (unpaired) electrons. The summed E-state index contributed by atoms with van der Waals surface area (Å²) < 4.78 is 53.7. The number of aryl methyl sites for hydroxylation is 2. The van der Waals surface area contributed by atoms with Gasteiger partial charge in [0.2, 0.25) is 5.91 Å². The lowest BCUT2D eigenvalue weighted by Gasteiger charge is -2.27. The largest absolute Gasteiger partial charge is 0.390 e. The zero-order chi connectivity index (χ0) is 32.3. The maximum absolute atomic E-state index is 14.0. The first-order valence-electron chi connectivity index (χ1n) is 14.6. The third-order valence-corrected chi connectivity index (χ3v) is 8.79. The minimum absolute atomic E-state index is 0.00251. The summed E-state index contributed by atoms with van der Waals surface area (Å²) in [4.78, 5) is 26.4. The van der Waals surface area contributed by atoms with Crippen LogP contribution < -0.4 is 16.0 Å². The number of benzene rings is 2. The van der Waals surface area contributed by atoms with Crippen molar-refractivity contribution in [2.75, 3.05) is 18.1 Å². The fourth-order valence-electron chi connectivity index (χ4n) is 4.67. The highest BCUT2D eigenvalue weighted by molar-refractivity contribution is 7.91. The predicted octanol–water partition coefficient (Wildman–Crippen LogP) is 2.75. The first-order valence-corrected chi connectivity index (χ1v) is 16.5. The van der Waals surface area contributed by atoms with Crippen molar-refractivity contribution in [2.24, 2.45) is 0 Å². The number of hydrogen-bond acceptors (Lipinski definition) is 7. The zero-order valence-electron chi connectivity index (χ0n) is 25.2. The van der Waals surface area contributed by atoms with Gasteiger partial charge >= 0.3 is 0 Å². The summed E-state index contributed by atoms with van der Waals surface area (Å²) in [6.07, 6.45) is 0.435. The highest BCUT2D eigenvalue weighted by atomic mass is 32.2. The van der Waals surface area contributed by atoms with Gasteiger partial charge < -0.3 is 21.1 Å². The van der Waals surface area contributed by atoms with Crippen molar-refractivity contribution in [1.29, 1.82) is 0 Å². The van der Waals surface area contributed by atoms with E-state index in [1.54, 1.807) is 6.92 Å². The van der Waals surface area contributed by atoms with Gasteiger partial charge in [-0.1, -0.05) is 44.5 Å². The molecule has 3 rings (SSSR count). The maximum atomic E-state index is 14.0. The Balaban J connectivity index is 1.82. The Morgan fingerprint density at radius 2 is 1.70 bits per heavy atom. The summed E-state index contributed by atoms with van der Waals surface area (Å²) in [7, 11) is -3.77. The lowest BCUT2D eigenvalue weighted by molar-refractivity contribution is -0.124. The van der Waals surface area contributed by atoms with Crippen LogP contribution in [0.4, 0.5) is 8.78 Å². The number of aromatic amines is 1. The highest BCUT2D eigenvalue weighted by Gasteiger charge is 2.31. The summed E-state index contributed by atoms with van der Waals surface area (Å²) in [5.41, 5.74) is 2.86. The van der Waals surface area contributed by atoms with Crippen molar-refractivity contribution in [2.45, 2.75) is 71.2 Å². The second-order valence-corrected chi connectivity index (χ2v) is 13.1. The molecule has 0 aliphatic heterocycles. The molecular formula is C31H41F2N5O5S. The Hall–Kier alpha value is -3.68. The number of carbonyl (C=O) groups is 2. The first-order chi connectivity index (χ1) is 20.9. The van der Waals surface area contributed by atoms with E-state index in [-0.39, 0.29) is 30.0 Å². The number of nitrogens with one attached hydrogen (secondary N) is 4. The maximum Gasteiger partial charge on any atom is 0.272 e. The molecule has 2 aromatic carbocycles. The molecule has 1 heterocycles. The van der Waals surface area contributed by atoms with Crippen LogP contribution in [-0.4, -0.2) is 71.8 Å². The van der Waals surface area contributed by atoms with Crippen molar-refractivity contribution in [3.05, 3.63) is 88.2 Å².